The molecule has 1 aromatic heterocycles. The van der Waals surface area contributed by atoms with Crippen molar-refractivity contribution in [2.45, 2.75) is 25.8 Å². The van der Waals surface area contributed by atoms with Gasteiger partial charge in [0.15, 0.2) is 5.82 Å². The smallest absolute Gasteiger partial charge is 0.213 e. The van der Waals surface area contributed by atoms with Crippen LogP contribution in [0.25, 0.3) is 0 Å². The monoisotopic (exact) mass is 180 g/mol. The second-order valence-corrected chi connectivity index (χ2v) is 2.64. The van der Waals surface area contributed by atoms with Crippen molar-refractivity contribution in [2.75, 3.05) is 6.54 Å². The lowest BCUT2D eigenvalue weighted by atomic mass is 10.2. The highest BCUT2D eigenvalue weighted by atomic mass is 16.5. The van der Waals surface area contributed by atoms with Crippen molar-refractivity contribution in [1.82, 2.24) is 15.5 Å². The van der Waals surface area contributed by atoms with Crippen LogP contribution in [0.2, 0.25) is 0 Å². The van der Waals surface area contributed by atoms with Crippen LogP contribution in [0.5, 0.6) is 0 Å². The van der Waals surface area contributed by atoms with E-state index in [1.807, 2.05) is 0 Å². The van der Waals surface area contributed by atoms with Crippen LogP contribution < -0.4 is 5.32 Å². The molecule has 70 valence electrons. The normalized spacial score (nSPS) is 9.77. The Morgan fingerprint density at radius 2 is 2.46 bits per heavy atom. The minimum Gasteiger partial charge on any atom is -0.343 e. The number of nitriles is 1. The molecule has 0 saturated carbocycles. The fourth-order valence-electron chi connectivity index (χ4n) is 0.925. The van der Waals surface area contributed by atoms with Gasteiger partial charge in [0.1, 0.15) is 0 Å². The molecule has 0 bridgehead atoms. The number of hydrogen-bond donors (Lipinski definition) is 1. The fraction of sp³-hybridized carbons (Fsp3) is 0.625. The maximum atomic E-state index is 8.27. The number of nitrogens with one attached hydrogen (secondary N) is 1. The third-order valence-electron chi connectivity index (χ3n) is 1.58. The van der Waals surface area contributed by atoms with Crippen molar-refractivity contribution in [3.8, 4) is 6.07 Å². The molecule has 0 atom stereocenters. The molecule has 5 nitrogen and oxygen atoms in total. The van der Waals surface area contributed by atoms with Gasteiger partial charge in [0.05, 0.1) is 12.6 Å². The number of unbranched alkanes of at least 4 members (excludes halogenated alkanes) is 2. The van der Waals surface area contributed by atoms with Crippen molar-refractivity contribution in [2.24, 2.45) is 0 Å². The van der Waals surface area contributed by atoms with Crippen LogP contribution in [-0.4, -0.2) is 16.7 Å². The minimum atomic E-state index is 0.628. The highest BCUT2D eigenvalue weighted by Crippen LogP contribution is 1.92. The van der Waals surface area contributed by atoms with E-state index in [2.05, 4.69) is 26.0 Å². The topological polar surface area (TPSA) is 74.7 Å². The van der Waals surface area contributed by atoms with Gasteiger partial charge in [-0.15, -0.1) is 0 Å². The predicted molar refractivity (Wildman–Crippen MR) is 45.5 cm³/mol. The fourth-order valence-corrected chi connectivity index (χ4v) is 0.925. The summed E-state index contributed by atoms with van der Waals surface area (Å²) in [6.07, 6.45) is 3.89. The van der Waals surface area contributed by atoms with Crippen molar-refractivity contribution >= 4 is 0 Å². The number of hydrogen-bond acceptors (Lipinski definition) is 5. The van der Waals surface area contributed by atoms with E-state index in [1.165, 1.54) is 6.39 Å². The first kappa shape index (κ1) is 9.68. The minimum absolute atomic E-state index is 0.628. The van der Waals surface area contributed by atoms with Crippen molar-refractivity contribution in [3.05, 3.63) is 12.2 Å². The number of nitrogens with zero attached hydrogens (tertiary/aromatic N) is 3. The first-order valence-corrected chi connectivity index (χ1v) is 4.26. The molecule has 5 heteroatoms. The highest BCUT2D eigenvalue weighted by Gasteiger charge is 1.95. The first-order valence-electron chi connectivity index (χ1n) is 4.26. The quantitative estimate of drug-likeness (QED) is 0.657. The van der Waals surface area contributed by atoms with Crippen molar-refractivity contribution in [3.63, 3.8) is 0 Å². The number of aromatic nitrogens is 2. The van der Waals surface area contributed by atoms with Gasteiger partial charge < -0.3 is 9.84 Å². The SMILES string of the molecule is N#CCCCCNCc1ncon1. The molecule has 13 heavy (non-hydrogen) atoms. The highest BCUT2D eigenvalue weighted by molar-refractivity contribution is 4.76. The Kier molecular flexibility index (Phi) is 4.57. The molecular formula is C8H12N4O. The van der Waals surface area contributed by atoms with E-state index in [4.69, 9.17) is 5.26 Å². The van der Waals surface area contributed by atoms with E-state index in [-0.39, 0.29) is 0 Å². The predicted octanol–water partition coefficient (Wildman–Crippen LogP) is 0.853. The Hall–Kier alpha value is -1.41. The molecule has 0 aliphatic rings. The average Bonchev–Trinajstić information content (AvgIpc) is 2.63. The molecule has 0 unspecified atom stereocenters. The maximum absolute atomic E-state index is 8.27. The van der Waals surface area contributed by atoms with Crippen LogP contribution in [0, 0.1) is 11.3 Å². The summed E-state index contributed by atoms with van der Waals surface area (Å²) >= 11 is 0. The summed E-state index contributed by atoms with van der Waals surface area (Å²) in [7, 11) is 0. The third kappa shape index (κ3) is 4.23. The van der Waals surface area contributed by atoms with Crippen molar-refractivity contribution in [1.29, 1.82) is 5.26 Å². The standard InChI is InChI=1S/C8H12N4O/c9-4-2-1-3-5-10-6-8-11-7-13-12-8/h7,10H,1-3,5-6H2. The molecule has 0 saturated heterocycles. The zero-order valence-corrected chi connectivity index (χ0v) is 7.36. The van der Waals surface area contributed by atoms with E-state index < -0.39 is 0 Å². The van der Waals surface area contributed by atoms with Gasteiger partial charge in [0.2, 0.25) is 6.39 Å². The van der Waals surface area contributed by atoms with Gasteiger partial charge in [-0.3, -0.25) is 0 Å². The molecule has 0 aromatic carbocycles. The van der Waals surface area contributed by atoms with Gasteiger partial charge in [-0.2, -0.15) is 10.2 Å². The summed E-state index contributed by atoms with van der Waals surface area (Å²) < 4.78 is 4.57. The summed E-state index contributed by atoms with van der Waals surface area (Å²) in [6, 6.07) is 2.10. The van der Waals surface area contributed by atoms with Gasteiger partial charge in [-0.25, -0.2) is 0 Å². The molecule has 0 amide bonds. The van der Waals surface area contributed by atoms with Gasteiger partial charge in [0.25, 0.3) is 0 Å². The Bertz CT molecular complexity index is 252. The summed E-state index contributed by atoms with van der Waals surface area (Å²) in [5.74, 6) is 0.667. The molecule has 0 aliphatic heterocycles. The summed E-state index contributed by atoms with van der Waals surface area (Å²) in [5.41, 5.74) is 0. The molecule has 1 N–H and O–H groups in total. The lowest BCUT2D eigenvalue weighted by molar-refractivity contribution is 0.407. The van der Waals surface area contributed by atoms with Crippen LogP contribution in [-0.2, 0) is 6.54 Å². The Labute approximate surface area is 76.7 Å². The van der Waals surface area contributed by atoms with Crippen LogP contribution >= 0.6 is 0 Å². The Morgan fingerprint density at radius 1 is 1.54 bits per heavy atom. The summed E-state index contributed by atoms with van der Waals surface area (Å²) in [6.45, 7) is 1.51. The number of rotatable bonds is 6. The molecule has 1 aromatic rings. The van der Waals surface area contributed by atoms with E-state index >= 15 is 0 Å². The largest absolute Gasteiger partial charge is 0.343 e. The lowest BCUT2D eigenvalue weighted by Crippen LogP contribution is -2.15. The van der Waals surface area contributed by atoms with Gasteiger partial charge in [0, 0.05) is 6.42 Å². The van der Waals surface area contributed by atoms with Crippen LogP contribution in [0.3, 0.4) is 0 Å². The summed E-state index contributed by atoms with van der Waals surface area (Å²) in [4.78, 5) is 3.86. The Balaban J connectivity index is 1.94. The maximum Gasteiger partial charge on any atom is 0.213 e. The molecule has 0 radical (unpaired) electrons. The molecular weight excluding hydrogens is 168 g/mol. The summed E-state index contributed by atoms with van der Waals surface area (Å²) in [5, 5.41) is 15.1. The molecule has 1 heterocycles. The van der Waals surface area contributed by atoms with Crippen LogP contribution in [0.4, 0.5) is 0 Å². The van der Waals surface area contributed by atoms with E-state index in [9.17, 15) is 0 Å². The molecule has 0 aliphatic carbocycles. The first-order chi connectivity index (χ1) is 6.43. The van der Waals surface area contributed by atoms with Crippen LogP contribution in [0.1, 0.15) is 25.1 Å². The van der Waals surface area contributed by atoms with Crippen LogP contribution in [0.15, 0.2) is 10.9 Å². The van der Waals surface area contributed by atoms with Gasteiger partial charge in [-0.1, -0.05) is 5.16 Å². The zero-order valence-electron chi connectivity index (χ0n) is 7.36. The molecule has 1 rings (SSSR count). The lowest BCUT2D eigenvalue weighted by Gasteiger charge is -1.98. The zero-order chi connectivity index (χ0) is 9.36. The van der Waals surface area contributed by atoms with E-state index in [0.717, 1.165) is 19.4 Å². The van der Waals surface area contributed by atoms with Crippen molar-refractivity contribution < 1.29 is 4.52 Å². The van der Waals surface area contributed by atoms with Gasteiger partial charge >= 0.3 is 0 Å². The van der Waals surface area contributed by atoms with E-state index in [0.29, 0.717) is 18.8 Å². The molecule has 0 spiro atoms. The Morgan fingerprint density at radius 3 is 3.15 bits per heavy atom. The van der Waals surface area contributed by atoms with Gasteiger partial charge in [-0.05, 0) is 19.4 Å². The molecule has 0 fully saturated rings. The second kappa shape index (κ2) is 6.14. The average molecular weight is 180 g/mol. The third-order valence-corrected chi connectivity index (χ3v) is 1.58. The second-order valence-electron chi connectivity index (χ2n) is 2.64. The van der Waals surface area contributed by atoms with E-state index in [1.54, 1.807) is 0 Å².